The molecule has 1 aliphatic heterocycles. The van der Waals surface area contributed by atoms with Gasteiger partial charge < -0.3 is 10.2 Å². The fourth-order valence-corrected chi connectivity index (χ4v) is 4.65. The molecule has 0 radical (unpaired) electrons. The van der Waals surface area contributed by atoms with Crippen molar-refractivity contribution in [1.82, 2.24) is 24.8 Å². The van der Waals surface area contributed by atoms with Gasteiger partial charge in [-0.1, -0.05) is 12.1 Å². The Balaban J connectivity index is 1.43. The number of nitrogens with one attached hydrogen (secondary N) is 1. The predicted octanol–water partition coefficient (Wildman–Crippen LogP) is 4.00. The van der Waals surface area contributed by atoms with Crippen LogP contribution in [0.2, 0.25) is 0 Å². The summed E-state index contributed by atoms with van der Waals surface area (Å²) in [5, 5.41) is 7.75. The summed E-state index contributed by atoms with van der Waals surface area (Å²) in [5.74, 6) is -0.186. The molecule has 2 aromatic heterocycles. The number of aromatic nitrogens is 3. The van der Waals surface area contributed by atoms with E-state index in [4.69, 9.17) is 10.1 Å². The highest BCUT2D eigenvalue weighted by Crippen LogP contribution is 2.29. The summed E-state index contributed by atoms with van der Waals surface area (Å²) in [4.78, 5) is 19.7. The summed E-state index contributed by atoms with van der Waals surface area (Å²) in [6.07, 6.45) is 4.65. The van der Waals surface area contributed by atoms with Gasteiger partial charge in [0.1, 0.15) is 5.82 Å². The van der Waals surface area contributed by atoms with Gasteiger partial charge in [-0.3, -0.25) is 4.79 Å². The fourth-order valence-electron chi connectivity index (χ4n) is 4.65. The average molecular weight is 438 g/mol. The average Bonchev–Trinajstić information content (AvgIpc) is 3.39. The molecule has 170 valence electrons. The maximum atomic E-state index is 13.4. The number of carbonyl (C=O) groups excluding carboxylic acids is 1. The third-order valence-corrected chi connectivity index (χ3v) is 6.41. The first kappa shape index (κ1) is 22.4. The van der Waals surface area contributed by atoms with E-state index in [2.05, 4.69) is 10.2 Å². The number of halogens is 1. The normalized spacial score (nSPS) is 14.4. The third kappa shape index (κ3) is 4.83. The Morgan fingerprint density at radius 2 is 1.81 bits per heavy atom. The van der Waals surface area contributed by atoms with E-state index in [-0.39, 0.29) is 11.7 Å². The molecule has 6 nitrogen and oxygen atoms in total. The lowest BCUT2D eigenvalue weighted by Gasteiger charge is -2.14. The Labute approximate surface area is 188 Å². The molecule has 1 saturated heterocycles. The van der Waals surface area contributed by atoms with E-state index in [1.54, 1.807) is 12.1 Å². The van der Waals surface area contributed by atoms with Crippen molar-refractivity contribution in [2.45, 2.75) is 52.9 Å². The second-order valence-corrected chi connectivity index (χ2v) is 8.72. The monoisotopic (exact) mass is 437 g/mol. The number of amides is 1. The van der Waals surface area contributed by atoms with Crippen LogP contribution in [0.4, 0.5) is 4.39 Å². The predicted molar refractivity (Wildman–Crippen MR) is 124 cm³/mol. The van der Waals surface area contributed by atoms with Gasteiger partial charge in [-0.25, -0.2) is 13.9 Å². The zero-order valence-electron chi connectivity index (χ0n) is 19.2. The van der Waals surface area contributed by atoms with Crippen molar-refractivity contribution in [3.8, 4) is 11.1 Å². The molecule has 0 atom stereocenters. The SMILES string of the molecule is Cc1nc2c(-c3ccc(F)cc3)c(C)nn2c(C)c1CCC(=O)NCCCN1CCCC1. The van der Waals surface area contributed by atoms with E-state index in [1.807, 2.05) is 25.3 Å². The molecule has 0 spiro atoms. The van der Waals surface area contributed by atoms with Crippen molar-refractivity contribution in [3.05, 3.63) is 52.7 Å². The minimum Gasteiger partial charge on any atom is -0.356 e. The van der Waals surface area contributed by atoms with E-state index in [0.29, 0.717) is 12.8 Å². The molecule has 32 heavy (non-hydrogen) atoms. The molecule has 0 unspecified atom stereocenters. The van der Waals surface area contributed by atoms with E-state index in [0.717, 1.165) is 58.9 Å². The number of aryl methyl sites for hydroxylation is 3. The van der Waals surface area contributed by atoms with E-state index < -0.39 is 0 Å². The van der Waals surface area contributed by atoms with E-state index >= 15 is 0 Å². The second kappa shape index (κ2) is 9.77. The quantitative estimate of drug-likeness (QED) is 0.541. The number of rotatable bonds is 8. The molecular formula is C25H32FN5O. The molecular weight excluding hydrogens is 405 g/mol. The number of benzene rings is 1. The molecule has 1 aromatic carbocycles. The first-order valence-corrected chi connectivity index (χ1v) is 11.5. The number of hydrogen-bond donors (Lipinski definition) is 1. The van der Waals surface area contributed by atoms with Crippen LogP contribution in [0.3, 0.4) is 0 Å². The van der Waals surface area contributed by atoms with Gasteiger partial charge in [-0.05, 0) is 89.3 Å². The van der Waals surface area contributed by atoms with Gasteiger partial charge >= 0.3 is 0 Å². The molecule has 1 fully saturated rings. The van der Waals surface area contributed by atoms with Crippen LogP contribution >= 0.6 is 0 Å². The number of nitrogens with zero attached hydrogens (tertiary/aromatic N) is 4. The summed E-state index contributed by atoms with van der Waals surface area (Å²) < 4.78 is 15.2. The maximum Gasteiger partial charge on any atom is 0.220 e. The van der Waals surface area contributed by atoms with Gasteiger partial charge in [-0.2, -0.15) is 5.10 Å². The zero-order valence-corrected chi connectivity index (χ0v) is 19.2. The Bertz CT molecular complexity index is 1100. The summed E-state index contributed by atoms with van der Waals surface area (Å²) >= 11 is 0. The minimum absolute atomic E-state index is 0.0777. The van der Waals surface area contributed by atoms with Gasteiger partial charge in [0.25, 0.3) is 0 Å². The Hall–Kier alpha value is -2.80. The Morgan fingerprint density at radius 1 is 1.09 bits per heavy atom. The molecule has 1 N–H and O–H groups in total. The van der Waals surface area contributed by atoms with Crippen LogP contribution in [-0.2, 0) is 11.2 Å². The summed E-state index contributed by atoms with van der Waals surface area (Å²) in [6.45, 7) is 10.1. The Morgan fingerprint density at radius 3 is 2.53 bits per heavy atom. The van der Waals surface area contributed by atoms with Gasteiger partial charge in [0.2, 0.25) is 5.91 Å². The summed E-state index contributed by atoms with van der Waals surface area (Å²) in [5.41, 5.74) is 6.37. The van der Waals surface area contributed by atoms with Crippen molar-refractivity contribution in [2.75, 3.05) is 26.2 Å². The van der Waals surface area contributed by atoms with Crippen LogP contribution in [0.15, 0.2) is 24.3 Å². The van der Waals surface area contributed by atoms with Crippen molar-refractivity contribution >= 4 is 11.6 Å². The van der Waals surface area contributed by atoms with E-state index in [9.17, 15) is 9.18 Å². The molecule has 3 aromatic rings. The van der Waals surface area contributed by atoms with Crippen LogP contribution in [0.5, 0.6) is 0 Å². The third-order valence-electron chi connectivity index (χ3n) is 6.41. The van der Waals surface area contributed by atoms with Crippen LogP contribution < -0.4 is 5.32 Å². The summed E-state index contributed by atoms with van der Waals surface area (Å²) in [6, 6.07) is 6.42. The molecule has 4 rings (SSSR count). The number of hydrogen-bond acceptors (Lipinski definition) is 4. The lowest BCUT2D eigenvalue weighted by Crippen LogP contribution is -2.28. The van der Waals surface area contributed by atoms with Crippen molar-refractivity contribution in [3.63, 3.8) is 0 Å². The highest BCUT2D eigenvalue weighted by atomic mass is 19.1. The smallest absolute Gasteiger partial charge is 0.220 e. The standard InChI is InChI=1S/C25H32FN5O/c1-17-22(11-12-23(32)27-13-6-16-30-14-4-5-15-30)19(3)31-25(28-17)24(18(2)29-31)20-7-9-21(26)10-8-20/h7-10H,4-6,11-16H2,1-3H3,(H,27,32). The molecule has 7 heteroatoms. The van der Waals surface area contributed by atoms with Gasteiger partial charge in [0.05, 0.1) is 5.69 Å². The minimum atomic E-state index is -0.264. The van der Waals surface area contributed by atoms with Gasteiger partial charge in [0.15, 0.2) is 5.65 Å². The van der Waals surface area contributed by atoms with Crippen molar-refractivity contribution < 1.29 is 9.18 Å². The summed E-state index contributed by atoms with van der Waals surface area (Å²) in [7, 11) is 0. The van der Waals surface area contributed by atoms with Crippen LogP contribution in [0.25, 0.3) is 16.8 Å². The highest BCUT2D eigenvalue weighted by Gasteiger charge is 2.18. The molecule has 3 heterocycles. The first-order chi connectivity index (χ1) is 15.4. The molecule has 0 saturated carbocycles. The molecule has 1 aliphatic rings. The first-order valence-electron chi connectivity index (χ1n) is 11.5. The Kier molecular flexibility index (Phi) is 6.84. The zero-order chi connectivity index (χ0) is 22.7. The van der Waals surface area contributed by atoms with E-state index in [1.165, 1.54) is 38.1 Å². The maximum absolute atomic E-state index is 13.4. The number of carbonyl (C=O) groups is 1. The van der Waals surface area contributed by atoms with Crippen molar-refractivity contribution in [1.29, 1.82) is 0 Å². The molecule has 1 amide bonds. The van der Waals surface area contributed by atoms with Crippen LogP contribution in [0, 0.1) is 26.6 Å². The lowest BCUT2D eigenvalue weighted by atomic mass is 10.0. The number of likely N-dealkylation sites (tertiary alicyclic amines) is 1. The van der Waals surface area contributed by atoms with Crippen LogP contribution in [0.1, 0.15) is 48.3 Å². The fraction of sp³-hybridized carbons (Fsp3) is 0.480. The lowest BCUT2D eigenvalue weighted by molar-refractivity contribution is -0.121. The molecule has 0 bridgehead atoms. The molecule has 0 aliphatic carbocycles. The van der Waals surface area contributed by atoms with Crippen molar-refractivity contribution in [2.24, 2.45) is 0 Å². The number of fused-ring (bicyclic) bond motifs is 1. The largest absolute Gasteiger partial charge is 0.356 e. The topological polar surface area (TPSA) is 62.5 Å². The van der Waals surface area contributed by atoms with Gasteiger partial charge in [-0.15, -0.1) is 0 Å². The highest BCUT2D eigenvalue weighted by molar-refractivity contribution is 5.80. The van der Waals surface area contributed by atoms with Gasteiger partial charge in [0, 0.05) is 29.9 Å². The van der Waals surface area contributed by atoms with Crippen LogP contribution in [-0.4, -0.2) is 51.6 Å². The second-order valence-electron chi connectivity index (χ2n) is 8.72.